The van der Waals surface area contributed by atoms with Crippen molar-refractivity contribution in [2.24, 2.45) is 0 Å². The summed E-state index contributed by atoms with van der Waals surface area (Å²) in [5, 5.41) is 3.30. The van der Waals surface area contributed by atoms with E-state index in [1.807, 2.05) is 35.0 Å². The number of aromatic nitrogens is 3. The van der Waals surface area contributed by atoms with E-state index in [1.165, 1.54) is 0 Å². The SMILES string of the molecule is CS(=O)(=O)Nc1cc(C2CC2)cn2cc(CNc3ccnc(Br)c3)nc12. The Labute approximate surface area is 160 Å². The molecule has 0 unspecified atom stereocenters. The van der Waals surface area contributed by atoms with Crippen molar-refractivity contribution in [2.75, 3.05) is 16.3 Å². The van der Waals surface area contributed by atoms with Crippen molar-refractivity contribution >= 4 is 43.0 Å². The first-order valence-corrected chi connectivity index (χ1v) is 10.9. The van der Waals surface area contributed by atoms with Crippen LogP contribution in [-0.2, 0) is 16.6 Å². The molecule has 0 atom stereocenters. The monoisotopic (exact) mass is 435 g/mol. The summed E-state index contributed by atoms with van der Waals surface area (Å²) in [6.45, 7) is 0.523. The predicted octanol–water partition coefficient (Wildman–Crippen LogP) is 3.35. The lowest BCUT2D eigenvalue weighted by atomic mass is 10.2. The molecule has 1 saturated carbocycles. The molecule has 3 heterocycles. The first kappa shape index (κ1) is 17.3. The van der Waals surface area contributed by atoms with E-state index in [4.69, 9.17) is 0 Å². The van der Waals surface area contributed by atoms with Gasteiger partial charge in [-0.25, -0.2) is 18.4 Å². The Morgan fingerprint density at radius 1 is 1.31 bits per heavy atom. The average molecular weight is 436 g/mol. The topological polar surface area (TPSA) is 88.4 Å². The zero-order valence-electron chi connectivity index (χ0n) is 14.1. The highest BCUT2D eigenvalue weighted by Gasteiger charge is 2.25. The number of hydrogen-bond acceptors (Lipinski definition) is 5. The molecule has 2 N–H and O–H groups in total. The number of halogens is 1. The summed E-state index contributed by atoms with van der Waals surface area (Å²) < 4.78 is 28.7. The fourth-order valence-corrected chi connectivity index (χ4v) is 3.79. The lowest BCUT2D eigenvalue weighted by Crippen LogP contribution is -2.11. The van der Waals surface area contributed by atoms with E-state index in [0.717, 1.165) is 40.6 Å². The van der Waals surface area contributed by atoms with E-state index in [0.29, 0.717) is 23.8 Å². The van der Waals surface area contributed by atoms with E-state index >= 15 is 0 Å². The summed E-state index contributed by atoms with van der Waals surface area (Å²) in [6, 6.07) is 5.66. The van der Waals surface area contributed by atoms with Crippen LogP contribution in [0.3, 0.4) is 0 Å². The number of sulfonamides is 1. The molecule has 4 rings (SSSR count). The Morgan fingerprint density at radius 2 is 2.12 bits per heavy atom. The molecule has 3 aromatic heterocycles. The minimum Gasteiger partial charge on any atom is -0.379 e. The Kier molecular flexibility index (Phi) is 4.36. The molecule has 0 aliphatic heterocycles. The Hall–Kier alpha value is -2.13. The van der Waals surface area contributed by atoms with Crippen LogP contribution in [0.25, 0.3) is 5.65 Å². The molecule has 0 aromatic carbocycles. The van der Waals surface area contributed by atoms with Crippen LogP contribution >= 0.6 is 15.9 Å². The van der Waals surface area contributed by atoms with Crippen LogP contribution in [0.4, 0.5) is 11.4 Å². The molecule has 9 heteroatoms. The highest BCUT2D eigenvalue weighted by atomic mass is 79.9. The van der Waals surface area contributed by atoms with Crippen LogP contribution < -0.4 is 10.0 Å². The predicted molar refractivity (Wildman–Crippen MR) is 105 cm³/mol. The first-order chi connectivity index (χ1) is 12.4. The van der Waals surface area contributed by atoms with Crippen molar-refractivity contribution in [1.29, 1.82) is 0 Å². The number of anilines is 2. The van der Waals surface area contributed by atoms with Crippen molar-refractivity contribution < 1.29 is 8.42 Å². The summed E-state index contributed by atoms with van der Waals surface area (Å²) in [6.07, 6.45) is 9.12. The third kappa shape index (κ3) is 3.99. The maximum atomic E-state index is 11.7. The zero-order valence-corrected chi connectivity index (χ0v) is 16.5. The number of nitrogens with one attached hydrogen (secondary N) is 2. The van der Waals surface area contributed by atoms with Crippen molar-refractivity contribution in [1.82, 2.24) is 14.4 Å². The molecule has 136 valence electrons. The zero-order chi connectivity index (χ0) is 18.3. The molecule has 0 radical (unpaired) electrons. The maximum absolute atomic E-state index is 11.7. The molecule has 0 bridgehead atoms. The van der Waals surface area contributed by atoms with Crippen LogP contribution in [0.2, 0.25) is 0 Å². The summed E-state index contributed by atoms with van der Waals surface area (Å²) in [5.41, 5.74) is 4.01. The van der Waals surface area contributed by atoms with Gasteiger partial charge in [0.2, 0.25) is 10.0 Å². The van der Waals surface area contributed by atoms with E-state index in [1.54, 1.807) is 6.20 Å². The van der Waals surface area contributed by atoms with Gasteiger partial charge in [-0.2, -0.15) is 0 Å². The van der Waals surface area contributed by atoms with Crippen LogP contribution in [0.15, 0.2) is 41.4 Å². The Balaban J connectivity index is 1.65. The van der Waals surface area contributed by atoms with E-state index in [2.05, 4.69) is 35.9 Å². The second kappa shape index (κ2) is 6.55. The molecule has 3 aromatic rings. The lowest BCUT2D eigenvalue weighted by molar-refractivity contribution is 0.607. The van der Waals surface area contributed by atoms with Crippen LogP contribution in [-0.4, -0.2) is 29.0 Å². The lowest BCUT2D eigenvalue weighted by Gasteiger charge is -2.08. The molecule has 0 amide bonds. The van der Waals surface area contributed by atoms with Crippen molar-refractivity contribution in [2.45, 2.75) is 25.3 Å². The number of pyridine rings is 2. The first-order valence-electron chi connectivity index (χ1n) is 8.22. The normalized spacial score (nSPS) is 14.5. The van der Waals surface area contributed by atoms with Crippen molar-refractivity contribution in [3.63, 3.8) is 0 Å². The van der Waals surface area contributed by atoms with Gasteiger partial charge in [-0.3, -0.25) is 4.72 Å². The van der Waals surface area contributed by atoms with Gasteiger partial charge in [0.05, 0.1) is 24.2 Å². The maximum Gasteiger partial charge on any atom is 0.229 e. The fourth-order valence-electron chi connectivity index (χ4n) is 2.88. The number of nitrogens with zero attached hydrogens (tertiary/aromatic N) is 3. The van der Waals surface area contributed by atoms with Gasteiger partial charge in [-0.15, -0.1) is 0 Å². The largest absolute Gasteiger partial charge is 0.379 e. The highest BCUT2D eigenvalue weighted by Crippen LogP contribution is 2.41. The van der Waals surface area contributed by atoms with Gasteiger partial charge in [-0.1, -0.05) is 0 Å². The van der Waals surface area contributed by atoms with Crippen LogP contribution in [0.1, 0.15) is 30.0 Å². The molecular weight excluding hydrogens is 418 g/mol. The highest BCUT2D eigenvalue weighted by molar-refractivity contribution is 9.10. The molecule has 1 aliphatic rings. The van der Waals surface area contributed by atoms with Crippen molar-refractivity contribution in [3.05, 3.63) is 52.7 Å². The minimum absolute atomic E-state index is 0.512. The van der Waals surface area contributed by atoms with Gasteiger partial charge >= 0.3 is 0 Å². The van der Waals surface area contributed by atoms with Gasteiger partial charge in [0.15, 0.2) is 5.65 Å². The molecule has 0 saturated heterocycles. The standard InChI is InChI=1S/C17H18BrN5O2S/c1-26(24,25)22-15-6-12(11-2-3-11)9-23-10-14(21-17(15)23)8-20-13-4-5-19-16(18)7-13/h4-7,9-11,22H,2-3,8H2,1H3,(H,19,20). The van der Waals surface area contributed by atoms with Crippen molar-refractivity contribution in [3.8, 4) is 0 Å². The van der Waals surface area contributed by atoms with Gasteiger partial charge in [0.1, 0.15) is 4.60 Å². The van der Waals surface area contributed by atoms with E-state index in [-0.39, 0.29) is 0 Å². The summed E-state index contributed by atoms with van der Waals surface area (Å²) in [4.78, 5) is 8.70. The van der Waals surface area contributed by atoms with Gasteiger partial charge in [0, 0.05) is 24.3 Å². The Bertz CT molecular complexity index is 1080. The molecule has 26 heavy (non-hydrogen) atoms. The van der Waals surface area contributed by atoms with E-state index in [9.17, 15) is 8.42 Å². The number of fused-ring (bicyclic) bond motifs is 1. The smallest absolute Gasteiger partial charge is 0.229 e. The number of rotatable bonds is 6. The second-order valence-corrected chi connectivity index (χ2v) is 9.08. The molecule has 0 spiro atoms. The molecule has 7 nitrogen and oxygen atoms in total. The Morgan fingerprint density at radius 3 is 2.81 bits per heavy atom. The average Bonchev–Trinajstić information content (AvgIpc) is 3.32. The summed E-state index contributed by atoms with van der Waals surface area (Å²) in [7, 11) is -3.37. The summed E-state index contributed by atoms with van der Waals surface area (Å²) in [5.74, 6) is 0.512. The third-order valence-electron chi connectivity index (χ3n) is 4.17. The quantitative estimate of drug-likeness (QED) is 0.579. The summed E-state index contributed by atoms with van der Waals surface area (Å²) >= 11 is 3.35. The minimum atomic E-state index is -3.37. The van der Waals surface area contributed by atoms with Crippen LogP contribution in [0.5, 0.6) is 0 Å². The molecule has 1 aliphatic carbocycles. The van der Waals surface area contributed by atoms with E-state index < -0.39 is 10.0 Å². The van der Waals surface area contributed by atoms with Gasteiger partial charge in [0.25, 0.3) is 0 Å². The molecule has 1 fully saturated rings. The molecular formula is C17H18BrN5O2S. The number of hydrogen-bond donors (Lipinski definition) is 2. The van der Waals surface area contributed by atoms with Gasteiger partial charge < -0.3 is 9.72 Å². The van der Waals surface area contributed by atoms with Crippen LogP contribution in [0, 0.1) is 0 Å². The second-order valence-electron chi connectivity index (χ2n) is 6.52. The van der Waals surface area contributed by atoms with Gasteiger partial charge in [-0.05, 0) is 58.5 Å². The fraction of sp³-hybridized carbons (Fsp3) is 0.294. The number of imidazole rings is 1. The third-order valence-corrected chi connectivity index (χ3v) is 5.19.